The van der Waals surface area contributed by atoms with Gasteiger partial charge in [0, 0.05) is 7.05 Å². The molecule has 0 N–H and O–H groups in total. The van der Waals surface area contributed by atoms with Crippen LogP contribution in [0.15, 0.2) is 78.3 Å². The van der Waals surface area contributed by atoms with Crippen LogP contribution in [0.25, 0.3) is 0 Å². The van der Waals surface area contributed by atoms with E-state index in [9.17, 15) is 0 Å². The molecule has 0 saturated carbocycles. The van der Waals surface area contributed by atoms with E-state index in [1.54, 1.807) is 37.6 Å². The summed E-state index contributed by atoms with van der Waals surface area (Å²) in [5.74, 6) is 1.25. The second-order valence-corrected chi connectivity index (χ2v) is 3.18. The topological polar surface area (TPSA) is 21.6 Å². The van der Waals surface area contributed by atoms with Gasteiger partial charge >= 0.3 is 0 Å². The lowest BCUT2D eigenvalue weighted by molar-refractivity contribution is 0.347. The van der Waals surface area contributed by atoms with E-state index in [1.165, 1.54) is 0 Å². The molecule has 0 fully saturated rings. The first-order chi connectivity index (χ1) is 8.17. The molecule has 0 aromatic carbocycles. The Morgan fingerprint density at radius 1 is 1.00 bits per heavy atom. The molecule has 0 rings (SSSR count). The van der Waals surface area contributed by atoms with Crippen LogP contribution >= 0.6 is 0 Å². The van der Waals surface area contributed by atoms with Gasteiger partial charge in [-0.05, 0) is 25.2 Å². The van der Waals surface area contributed by atoms with Gasteiger partial charge in [-0.15, -0.1) is 0 Å². The molecule has 0 aliphatic heterocycles. The SMILES string of the molecule is C=C/C=C(\C=N/C)O/C(C=C)=C/C=C(/C)C=C. The van der Waals surface area contributed by atoms with Crippen LogP contribution in [0.4, 0.5) is 0 Å². The van der Waals surface area contributed by atoms with E-state index < -0.39 is 0 Å². The molecule has 0 heterocycles. The first kappa shape index (κ1) is 14.9. The summed E-state index contributed by atoms with van der Waals surface area (Å²) in [4.78, 5) is 3.89. The number of rotatable bonds is 7. The van der Waals surface area contributed by atoms with Crippen LogP contribution in [0, 0.1) is 0 Å². The molecule has 0 aromatic heterocycles. The maximum atomic E-state index is 5.58. The van der Waals surface area contributed by atoms with Crippen molar-refractivity contribution in [2.24, 2.45) is 4.99 Å². The fourth-order valence-corrected chi connectivity index (χ4v) is 0.908. The monoisotopic (exact) mass is 229 g/mol. The minimum Gasteiger partial charge on any atom is -0.456 e. The van der Waals surface area contributed by atoms with E-state index >= 15 is 0 Å². The molecule has 2 heteroatoms. The zero-order chi connectivity index (χ0) is 13.1. The molecule has 0 aromatic rings. The Labute approximate surface area is 104 Å². The maximum Gasteiger partial charge on any atom is 0.145 e. The third-order valence-electron chi connectivity index (χ3n) is 1.81. The van der Waals surface area contributed by atoms with Gasteiger partial charge in [-0.1, -0.05) is 43.5 Å². The molecule has 0 atom stereocenters. The average Bonchev–Trinajstić information content (AvgIpc) is 2.34. The summed E-state index contributed by atoms with van der Waals surface area (Å²) >= 11 is 0. The minimum atomic E-state index is 0.610. The quantitative estimate of drug-likeness (QED) is 0.367. The highest BCUT2D eigenvalue weighted by atomic mass is 16.5. The number of hydrogen-bond donors (Lipinski definition) is 0. The fourth-order valence-electron chi connectivity index (χ4n) is 0.908. The van der Waals surface area contributed by atoms with Crippen LogP contribution in [0.5, 0.6) is 0 Å². The van der Waals surface area contributed by atoms with Gasteiger partial charge in [0.15, 0.2) is 0 Å². The van der Waals surface area contributed by atoms with Crippen LogP contribution in [0.1, 0.15) is 6.92 Å². The lowest BCUT2D eigenvalue weighted by Crippen LogP contribution is -1.92. The number of ether oxygens (including phenoxy) is 1. The molecule has 0 aliphatic rings. The summed E-state index contributed by atoms with van der Waals surface area (Å²) < 4.78 is 5.58. The first-order valence-electron chi connectivity index (χ1n) is 5.24. The van der Waals surface area contributed by atoms with E-state index in [0.717, 1.165) is 5.57 Å². The van der Waals surface area contributed by atoms with Crippen LogP contribution in [-0.2, 0) is 4.74 Å². The molecular weight excluding hydrogens is 210 g/mol. The van der Waals surface area contributed by atoms with Crippen LogP contribution in [-0.4, -0.2) is 13.3 Å². The Bertz CT molecular complexity index is 395. The molecule has 0 bridgehead atoms. The first-order valence-corrected chi connectivity index (χ1v) is 5.24. The van der Waals surface area contributed by atoms with Crippen molar-refractivity contribution >= 4 is 6.21 Å². The van der Waals surface area contributed by atoms with E-state index in [2.05, 4.69) is 24.7 Å². The lowest BCUT2D eigenvalue weighted by Gasteiger charge is -2.05. The molecule has 90 valence electrons. The summed E-state index contributed by atoms with van der Waals surface area (Å²) in [5.41, 5.74) is 1.05. The van der Waals surface area contributed by atoms with Crippen molar-refractivity contribution in [2.75, 3.05) is 7.05 Å². The normalized spacial score (nSPS) is 13.6. The molecule has 0 aliphatic carbocycles. The molecule has 0 unspecified atom stereocenters. The Morgan fingerprint density at radius 3 is 2.18 bits per heavy atom. The zero-order valence-electron chi connectivity index (χ0n) is 10.5. The van der Waals surface area contributed by atoms with E-state index in [4.69, 9.17) is 4.74 Å². The standard InChI is InChI=1S/C15H19NO/c1-6-9-15(12-16-5)17-14(8-3)11-10-13(4)7-2/h6-12H,1-3H2,4-5H3/b13-10-,14-11+,15-9+,16-12-. The van der Waals surface area contributed by atoms with Gasteiger partial charge in [0.1, 0.15) is 11.5 Å². The third kappa shape index (κ3) is 6.90. The van der Waals surface area contributed by atoms with Crippen molar-refractivity contribution in [1.29, 1.82) is 0 Å². The van der Waals surface area contributed by atoms with Crippen LogP contribution < -0.4 is 0 Å². The molecular formula is C15H19NO. The average molecular weight is 229 g/mol. The van der Waals surface area contributed by atoms with Crippen molar-refractivity contribution < 1.29 is 4.74 Å². The molecule has 0 spiro atoms. The van der Waals surface area contributed by atoms with Gasteiger partial charge in [0.05, 0.1) is 6.21 Å². The third-order valence-corrected chi connectivity index (χ3v) is 1.81. The van der Waals surface area contributed by atoms with Gasteiger partial charge in [0.25, 0.3) is 0 Å². The second-order valence-electron chi connectivity index (χ2n) is 3.18. The largest absolute Gasteiger partial charge is 0.456 e. The summed E-state index contributed by atoms with van der Waals surface area (Å²) in [6, 6.07) is 0. The number of aliphatic imine (C=N–C) groups is 1. The Hall–Kier alpha value is -2.09. The zero-order valence-corrected chi connectivity index (χ0v) is 10.5. The van der Waals surface area contributed by atoms with Crippen LogP contribution in [0.2, 0.25) is 0 Å². The molecule has 0 amide bonds. The molecule has 0 saturated heterocycles. The Balaban J connectivity index is 4.91. The van der Waals surface area contributed by atoms with Crippen molar-refractivity contribution in [3.05, 3.63) is 73.3 Å². The van der Waals surface area contributed by atoms with E-state index in [-0.39, 0.29) is 0 Å². The summed E-state index contributed by atoms with van der Waals surface area (Å²) in [6.45, 7) is 12.9. The van der Waals surface area contributed by atoms with Crippen LogP contribution in [0.3, 0.4) is 0 Å². The van der Waals surface area contributed by atoms with Gasteiger partial charge < -0.3 is 4.74 Å². The van der Waals surface area contributed by atoms with Gasteiger partial charge in [-0.3, -0.25) is 4.99 Å². The number of nitrogens with zero attached hydrogens (tertiary/aromatic N) is 1. The smallest absolute Gasteiger partial charge is 0.145 e. The summed E-state index contributed by atoms with van der Waals surface area (Å²) in [5, 5.41) is 0. The van der Waals surface area contributed by atoms with Gasteiger partial charge in [0.2, 0.25) is 0 Å². The van der Waals surface area contributed by atoms with Crippen molar-refractivity contribution in [1.82, 2.24) is 0 Å². The van der Waals surface area contributed by atoms with Crippen molar-refractivity contribution in [2.45, 2.75) is 6.92 Å². The highest BCUT2D eigenvalue weighted by molar-refractivity contribution is 5.76. The lowest BCUT2D eigenvalue weighted by atomic mass is 10.2. The van der Waals surface area contributed by atoms with Gasteiger partial charge in [-0.25, -0.2) is 0 Å². The summed E-state index contributed by atoms with van der Waals surface area (Å²) in [6.07, 6.45) is 12.1. The predicted octanol–water partition coefficient (Wildman–Crippen LogP) is 3.98. The van der Waals surface area contributed by atoms with Gasteiger partial charge in [-0.2, -0.15) is 0 Å². The van der Waals surface area contributed by atoms with E-state index in [0.29, 0.717) is 11.5 Å². The number of hydrogen-bond acceptors (Lipinski definition) is 2. The predicted molar refractivity (Wildman–Crippen MR) is 76.0 cm³/mol. The van der Waals surface area contributed by atoms with Crippen molar-refractivity contribution in [3.8, 4) is 0 Å². The highest BCUT2D eigenvalue weighted by Crippen LogP contribution is 2.08. The molecule has 17 heavy (non-hydrogen) atoms. The molecule has 2 nitrogen and oxygen atoms in total. The summed E-state index contributed by atoms with van der Waals surface area (Å²) in [7, 11) is 1.68. The molecule has 0 radical (unpaired) electrons. The highest BCUT2D eigenvalue weighted by Gasteiger charge is 1.95. The minimum absolute atomic E-state index is 0.610. The van der Waals surface area contributed by atoms with Crippen molar-refractivity contribution in [3.63, 3.8) is 0 Å². The second kappa shape index (κ2) is 9.16. The maximum absolute atomic E-state index is 5.58. The van der Waals surface area contributed by atoms with E-state index in [1.807, 2.05) is 19.1 Å². The Morgan fingerprint density at radius 2 is 1.71 bits per heavy atom. The Kier molecular flexibility index (Phi) is 8.03. The number of allylic oxidation sites excluding steroid dienone is 8. The fraction of sp³-hybridized carbons (Fsp3) is 0.133.